The van der Waals surface area contributed by atoms with Crippen molar-refractivity contribution in [2.75, 3.05) is 6.61 Å². The minimum Gasteiger partial charge on any atom is -0.394 e. The molecule has 1 aromatic heterocycles. The van der Waals surface area contributed by atoms with E-state index in [9.17, 15) is 18.7 Å². The van der Waals surface area contributed by atoms with Crippen molar-refractivity contribution in [1.29, 1.82) is 0 Å². The van der Waals surface area contributed by atoms with Crippen molar-refractivity contribution in [2.24, 2.45) is 5.41 Å². The highest BCUT2D eigenvalue weighted by atomic mass is 19.3. The summed E-state index contributed by atoms with van der Waals surface area (Å²) in [4.78, 5) is 15.8. The fourth-order valence-corrected chi connectivity index (χ4v) is 2.39. The number of aliphatic hydroxyl groups excluding tert-OH is 2. The van der Waals surface area contributed by atoms with Crippen molar-refractivity contribution < 1.29 is 23.7 Å². The second-order valence-electron chi connectivity index (χ2n) is 6.67. The molecule has 1 fully saturated rings. The lowest BCUT2D eigenvalue weighted by molar-refractivity contribution is -0.141. The molecule has 3 atom stereocenters. The Hall–Kier alpha value is -1.38. The molecule has 124 valence electrons. The molecule has 0 bridgehead atoms. The largest absolute Gasteiger partial charge is 0.394 e. The van der Waals surface area contributed by atoms with Gasteiger partial charge in [0.2, 0.25) is 6.23 Å². The standard InChI is InChI=1S/C14H20F2N2O4/c1-13(2,3)6-8-4-5-18(12(21)17-8)11-14(15,16)10(20)9(7-19)22-11/h4-5,9-11,19-20H,6-7H2,1-3H3/t9-,10-,11-/m1/s1. The van der Waals surface area contributed by atoms with Crippen molar-refractivity contribution in [3.8, 4) is 0 Å². The Morgan fingerprint density at radius 2 is 2.09 bits per heavy atom. The van der Waals surface area contributed by atoms with Gasteiger partial charge >= 0.3 is 11.6 Å². The lowest BCUT2D eigenvalue weighted by Crippen LogP contribution is -2.42. The second-order valence-corrected chi connectivity index (χ2v) is 6.67. The van der Waals surface area contributed by atoms with E-state index in [-0.39, 0.29) is 5.41 Å². The maximum absolute atomic E-state index is 14.0. The predicted octanol–water partition coefficient (Wildman–Crippen LogP) is 0.718. The van der Waals surface area contributed by atoms with Crippen LogP contribution in [-0.2, 0) is 11.2 Å². The molecule has 2 N–H and O–H groups in total. The number of ether oxygens (including phenoxy) is 1. The molecule has 0 aliphatic carbocycles. The third-order valence-electron chi connectivity index (χ3n) is 3.41. The van der Waals surface area contributed by atoms with E-state index < -0.39 is 36.7 Å². The molecule has 2 heterocycles. The molecule has 1 aromatic rings. The SMILES string of the molecule is CC(C)(C)Cc1ccn([C@@H]2O[C@H](CO)[C@@H](O)C2(F)F)c(=O)n1. The summed E-state index contributed by atoms with van der Waals surface area (Å²) in [5.74, 6) is -3.69. The number of aromatic nitrogens is 2. The summed E-state index contributed by atoms with van der Waals surface area (Å²) < 4.78 is 33.6. The first-order valence-corrected chi connectivity index (χ1v) is 6.96. The highest BCUT2D eigenvalue weighted by Gasteiger charge is 2.59. The van der Waals surface area contributed by atoms with E-state index in [1.54, 1.807) is 0 Å². The molecule has 0 saturated carbocycles. The van der Waals surface area contributed by atoms with E-state index in [1.165, 1.54) is 12.3 Å². The lowest BCUT2D eigenvalue weighted by atomic mass is 9.90. The molecule has 1 aliphatic heterocycles. The molecule has 1 saturated heterocycles. The Morgan fingerprint density at radius 3 is 2.55 bits per heavy atom. The Morgan fingerprint density at radius 1 is 1.45 bits per heavy atom. The number of hydrogen-bond acceptors (Lipinski definition) is 5. The van der Waals surface area contributed by atoms with Gasteiger partial charge in [0.15, 0.2) is 6.10 Å². The summed E-state index contributed by atoms with van der Waals surface area (Å²) in [6.07, 6.45) is -3.90. The van der Waals surface area contributed by atoms with Crippen LogP contribution >= 0.6 is 0 Å². The van der Waals surface area contributed by atoms with Crippen molar-refractivity contribution in [3.63, 3.8) is 0 Å². The van der Waals surface area contributed by atoms with Crippen LogP contribution < -0.4 is 5.69 Å². The van der Waals surface area contributed by atoms with E-state index >= 15 is 0 Å². The Balaban J connectivity index is 2.32. The summed E-state index contributed by atoms with van der Waals surface area (Å²) in [5.41, 5.74) is -0.482. The van der Waals surface area contributed by atoms with Crippen LogP contribution in [-0.4, -0.2) is 44.5 Å². The zero-order valence-corrected chi connectivity index (χ0v) is 12.7. The summed E-state index contributed by atoms with van der Waals surface area (Å²) in [5, 5.41) is 18.4. The average molecular weight is 318 g/mol. The fraction of sp³-hybridized carbons (Fsp3) is 0.714. The quantitative estimate of drug-likeness (QED) is 0.858. The average Bonchev–Trinajstić information content (AvgIpc) is 2.60. The van der Waals surface area contributed by atoms with Crippen LogP contribution in [0.15, 0.2) is 17.1 Å². The second kappa shape index (κ2) is 5.68. The maximum Gasteiger partial charge on any atom is 0.350 e. The summed E-state index contributed by atoms with van der Waals surface area (Å²) >= 11 is 0. The zero-order valence-electron chi connectivity index (χ0n) is 12.7. The summed E-state index contributed by atoms with van der Waals surface area (Å²) in [7, 11) is 0. The van der Waals surface area contributed by atoms with Crippen LogP contribution in [0.4, 0.5) is 8.78 Å². The molecular weight excluding hydrogens is 298 g/mol. The lowest BCUT2D eigenvalue weighted by Gasteiger charge is -2.22. The van der Waals surface area contributed by atoms with Gasteiger partial charge in [0.1, 0.15) is 6.10 Å². The van der Waals surface area contributed by atoms with Crippen LogP contribution in [0.25, 0.3) is 0 Å². The predicted molar refractivity (Wildman–Crippen MR) is 73.6 cm³/mol. The van der Waals surface area contributed by atoms with E-state index in [1.807, 2.05) is 20.8 Å². The van der Waals surface area contributed by atoms with Gasteiger partial charge in [0, 0.05) is 11.9 Å². The minimum atomic E-state index is -3.69. The number of nitrogens with zero attached hydrogens (tertiary/aromatic N) is 2. The van der Waals surface area contributed by atoms with E-state index in [0.29, 0.717) is 16.7 Å². The van der Waals surface area contributed by atoms with E-state index in [4.69, 9.17) is 9.84 Å². The third kappa shape index (κ3) is 3.18. The van der Waals surface area contributed by atoms with Crippen LogP contribution in [0.2, 0.25) is 0 Å². The van der Waals surface area contributed by atoms with Crippen LogP contribution in [0.1, 0.15) is 32.7 Å². The molecule has 8 heteroatoms. The molecule has 0 amide bonds. The van der Waals surface area contributed by atoms with Gasteiger partial charge in [-0.15, -0.1) is 0 Å². The normalized spacial score (nSPS) is 28.0. The molecule has 0 spiro atoms. The first-order valence-electron chi connectivity index (χ1n) is 6.96. The first kappa shape index (κ1) is 17.0. The van der Waals surface area contributed by atoms with Crippen molar-refractivity contribution >= 4 is 0 Å². The van der Waals surface area contributed by atoms with Crippen molar-refractivity contribution in [3.05, 3.63) is 28.4 Å². The highest BCUT2D eigenvalue weighted by molar-refractivity contribution is 5.04. The number of hydrogen-bond donors (Lipinski definition) is 2. The number of alkyl halides is 2. The van der Waals surface area contributed by atoms with Gasteiger partial charge in [-0.1, -0.05) is 20.8 Å². The van der Waals surface area contributed by atoms with Gasteiger partial charge in [-0.05, 0) is 17.9 Å². The van der Waals surface area contributed by atoms with Gasteiger partial charge in [0.05, 0.1) is 6.61 Å². The molecule has 22 heavy (non-hydrogen) atoms. The molecule has 6 nitrogen and oxygen atoms in total. The van der Waals surface area contributed by atoms with E-state index in [2.05, 4.69) is 4.98 Å². The topological polar surface area (TPSA) is 84.6 Å². The van der Waals surface area contributed by atoms with Crippen LogP contribution in [0, 0.1) is 5.41 Å². The molecule has 2 rings (SSSR count). The van der Waals surface area contributed by atoms with Crippen molar-refractivity contribution in [1.82, 2.24) is 9.55 Å². The molecule has 0 aromatic carbocycles. The number of halogens is 2. The van der Waals surface area contributed by atoms with Gasteiger partial charge in [-0.2, -0.15) is 13.8 Å². The molecule has 1 aliphatic rings. The van der Waals surface area contributed by atoms with Crippen LogP contribution in [0.5, 0.6) is 0 Å². The Bertz CT molecular complexity index is 597. The monoisotopic (exact) mass is 318 g/mol. The van der Waals surface area contributed by atoms with Gasteiger partial charge in [0.25, 0.3) is 0 Å². The molecular formula is C14H20F2N2O4. The first-order chi connectivity index (χ1) is 10.1. The fourth-order valence-electron chi connectivity index (χ4n) is 2.39. The van der Waals surface area contributed by atoms with E-state index in [0.717, 1.165) is 0 Å². The third-order valence-corrected chi connectivity index (χ3v) is 3.41. The number of aliphatic hydroxyl groups is 2. The van der Waals surface area contributed by atoms with Crippen molar-refractivity contribution in [2.45, 2.75) is 51.6 Å². The Labute approximate surface area is 126 Å². The van der Waals surface area contributed by atoms with Gasteiger partial charge < -0.3 is 14.9 Å². The van der Waals surface area contributed by atoms with Crippen LogP contribution in [0.3, 0.4) is 0 Å². The zero-order chi connectivity index (χ0) is 16.7. The molecule has 0 unspecified atom stereocenters. The minimum absolute atomic E-state index is 0.0996. The summed E-state index contributed by atoms with van der Waals surface area (Å²) in [6, 6.07) is 1.48. The molecule has 0 radical (unpaired) electrons. The number of rotatable bonds is 3. The highest BCUT2D eigenvalue weighted by Crippen LogP contribution is 2.41. The smallest absolute Gasteiger partial charge is 0.350 e. The van der Waals surface area contributed by atoms with Gasteiger partial charge in [-0.3, -0.25) is 4.57 Å². The maximum atomic E-state index is 14.0. The summed E-state index contributed by atoms with van der Waals surface area (Å²) in [6.45, 7) is 5.14. The Kier molecular flexibility index (Phi) is 4.38. The van der Waals surface area contributed by atoms with Gasteiger partial charge in [-0.25, -0.2) is 4.79 Å².